The standard InChI is InChI=1S/C13H11N5/c1-8-7-15-13-10(16-8)11(14)17-12(18-13)9-5-3-2-4-6-9/h2-7H,1H3,(H2,14,15,17,18). The van der Waals surface area contributed by atoms with Gasteiger partial charge in [0.25, 0.3) is 0 Å². The largest absolute Gasteiger partial charge is 0.382 e. The number of nitrogen functional groups attached to an aromatic ring is 1. The molecule has 2 aromatic heterocycles. The number of anilines is 1. The molecule has 0 unspecified atom stereocenters. The number of aryl methyl sites for hydroxylation is 1. The first-order valence-corrected chi connectivity index (χ1v) is 5.56. The number of nitrogens with two attached hydrogens (primary N) is 1. The summed E-state index contributed by atoms with van der Waals surface area (Å²) >= 11 is 0. The SMILES string of the molecule is Cc1cnc2nc(-c3ccccc3)nc(N)c2n1. The lowest BCUT2D eigenvalue weighted by atomic mass is 10.2. The van der Waals surface area contributed by atoms with Crippen molar-refractivity contribution in [3.63, 3.8) is 0 Å². The Balaban J connectivity index is 2.25. The molecule has 18 heavy (non-hydrogen) atoms. The Labute approximate surface area is 104 Å². The van der Waals surface area contributed by atoms with E-state index in [1.165, 1.54) is 0 Å². The van der Waals surface area contributed by atoms with Gasteiger partial charge in [0.1, 0.15) is 0 Å². The van der Waals surface area contributed by atoms with Crippen molar-refractivity contribution in [2.75, 3.05) is 5.73 Å². The van der Waals surface area contributed by atoms with E-state index in [-0.39, 0.29) is 0 Å². The van der Waals surface area contributed by atoms with E-state index in [2.05, 4.69) is 19.9 Å². The second kappa shape index (κ2) is 4.03. The fourth-order valence-electron chi connectivity index (χ4n) is 1.73. The molecule has 0 aliphatic carbocycles. The topological polar surface area (TPSA) is 77.6 Å². The third-order valence-corrected chi connectivity index (χ3v) is 2.59. The molecule has 0 amide bonds. The van der Waals surface area contributed by atoms with Crippen molar-refractivity contribution in [3.05, 3.63) is 42.2 Å². The zero-order chi connectivity index (χ0) is 12.5. The van der Waals surface area contributed by atoms with Gasteiger partial charge < -0.3 is 5.73 Å². The molecule has 3 aromatic rings. The lowest BCUT2D eigenvalue weighted by Crippen LogP contribution is -2.01. The third-order valence-electron chi connectivity index (χ3n) is 2.59. The van der Waals surface area contributed by atoms with Crippen LogP contribution in [0.25, 0.3) is 22.6 Å². The maximum absolute atomic E-state index is 5.91. The summed E-state index contributed by atoms with van der Waals surface area (Å²) in [5.41, 5.74) is 8.69. The van der Waals surface area contributed by atoms with Gasteiger partial charge in [-0.3, -0.25) is 0 Å². The maximum Gasteiger partial charge on any atom is 0.184 e. The molecule has 0 aliphatic heterocycles. The number of fused-ring (bicyclic) bond motifs is 1. The number of nitrogens with zero attached hydrogens (tertiary/aromatic N) is 4. The predicted octanol–water partition coefficient (Wildman–Crippen LogP) is 1.98. The molecule has 0 atom stereocenters. The highest BCUT2D eigenvalue weighted by atomic mass is 15.0. The highest BCUT2D eigenvalue weighted by Gasteiger charge is 2.09. The van der Waals surface area contributed by atoms with Gasteiger partial charge in [0, 0.05) is 5.56 Å². The van der Waals surface area contributed by atoms with Gasteiger partial charge in [0.2, 0.25) is 0 Å². The molecule has 3 rings (SSSR count). The van der Waals surface area contributed by atoms with E-state index in [0.29, 0.717) is 22.8 Å². The molecule has 1 aromatic carbocycles. The molecule has 0 radical (unpaired) electrons. The molecular formula is C13H11N5. The van der Waals surface area contributed by atoms with Crippen LogP contribution in [0.2, 0.25) is 0 Å². The summed E-state index contributed by atoms with van der Waals surface area (Å²) < 4.78 is 0. The second-order valence-corrected chi connectivity index (χ2v) is 3.98. The average molecular weight is 237 g/mol. The average Bonchev–Trinajstić information content (AvgIpc) is 2.40. The molecular weight excluding hydrogens is 226 g/mol. The molecule has 0 saturated heterocycles. The molecule has 0 spiro atoms. The molecule has 88 valence electrons. The number of benzene rings is 1. The molecule has 2 N–H and O–H groups in total. The van der Waals surface area contributed by atoms with Gasteiger partial charge in [-0.05, 0) is 6.92 Å². The van der Waals surface area contributed by atoms with E-state index in [4.69, 9.17) is 5.73 Å². The minimum Gasteiger partial charge on any atom is -0.382 e. The Morgan fingerprint density at radius 2 is 1.78 bits per heavy atom. The van der Waals surface area contributed by atoms with Crippen LogP contribution >= 0.6 is 0 Å². The smallest absolute Gasteiger partial charge is 0.184 e. The van der Waals surface area contributed by atoms with Gasteiger partial charge in [0.05, 0.1) is 11.9 Å². The Morgan fingerprint density at radius 3 is 2.56 bits per heavy atom. The fraction of sp³-hybridized carbons (Fsp3) is 0.0769. The van der Waals surface area contributed by atoms with Crippen LogP contribution in [-0.4, -0.2) is 19.9 Å². The van der Waals surface area contributed by atoms with Crippen molar-refractivity contribution in [2.45, 2.75) is 6.92 Å². The van der Waals surface area contributed by atoms with Crippen molar-refractivity contribution in [2.24, 2.45) is 0 Å². The van der Waals surface area contributed by atoms with Crippen LogP contribution in [0.15, 0.2) is 36.5 Å². The molecule has 2 heterocycles. The monoisotopic (exact) mass is 237 g/mol. The van der Waals surface area contributed by atoms with E-state index >= 15 is 0 Å². The van der Waals surface area contributed by atoms with Gasteiger partial charge in [-0.25, -0.2) is 19.9 Å². The summed E-state index contributed by atoms with van der Waals surface area (Å²) in [6.07, 6.45) is 1.67. The summed E-state index contributed by atoms with van der Waals surface area (Å²) in [6.45, 7) is 1.86. The Hall–Kier alpha value is -2.56. The Morgan fingerprint density at radius 1 is 1.00 bits per heavy atom. The van der Waals surface area contributed by atoms with Crippen LogP contribution in [0.5, 0.6) is 0 Å². The molecule has 0 fully saturated rings. The van der Waals surface area contributed by atoms with Gasteiger partial charge in [0.15, 0.2) is 22.8 Å². The number of aromatic nitrogens is 4. The lowest BCUT2D eigenvalue weighted by molar-refractivity contribution is 1.12. The van der Waals surface area contributed by atoms with Gasteiger partial charge in [-0.15, -0.1) is 0 Å². The van der Waals surface area contributed by atoms with Crippen LogP contribution in [0, 0.1) is 6.92 Å². The molecule has 5 heteroatoms. The molecule has 0 saturated carbocycles. The van der Waals surface area contributed by atoms with Crippen LogP contribution < -0.4 is 5.73 Å². The predicted molar refractivity (Wildman–Crippen MR) is 69.7 cm³/mol. The highest BCUT2D eigenvalue weighted by molar-refractivity contribution is 5.82. The minimum absolute atomic E-state index is 0.357. The Bertz CT molecular complexity index is 709. The van der Waals surface area contributed by atoms with Crippen LogP contribution in [0.3, 0.4) is 0 Å². The van der Waals surface area contributed by atoms with E-state index in [1.54, 1.807) is 6.20 Å². The lowest BCUT2D eigenvalue weighted by Gasteiger charge is -2.04. The van der Waals surface area contributed by atoms with Crippen molar-refractivity contribution in [1.29, 1.82) is 0 Å². The van der Waals surface area contributed by atoms with Crippen molar-refractivity contribution in [1.82, 2.24) is 19.9 Å². The normalized spacial score (nSPS) is 10.7. The van der Waals surface area contributed by atoms with Crippen molar-refractivity contribution < 1.29 is 0 Å². The summed E-state index contributed by atoms with van der Waals surface area (Å²) in [5, 5.41) is 0. The zero-order valence-electron chi connectivity index (χ0n) is 9.83. The second-order valence-electron chi connectivity index (χ2n) is 3.98. The van der Waals surface area contributed by atoms with E-state index in [9.17, 15) is 0 Å². The number of hydrogen-bond donors (Lipinski definition) is 1. The highest BCUT2D eigenvalue weighted by Crippen LogP contribution is 2.20. The summed E-state index contributed by atoms with van der Waals surface area (Å²) in [6, 6.07) is 9.67. The third kappa shape index (κ3) is 1.75. The maximum atomic E-state index is 5.91. The summed E-state index contributed by atoms with van der Waals surface area (Å²) in [7, 11) is 0. The zero-order valence-corrected chi connectivity index (χ0v) is 9.83. The quantitative estimate of drug-likeness (QED) is 0.700. The van der Waals surface area contributed by atoms with Crippen molar-refractivity contribution in [3.8, 4) is 11.4 Å². The summed E-state index contributed by atoms with van der Waals surface area (Å²) in [5.74, 6) is 0.925. The van der Waals surface area contributed by atoms with Gasteiger partial charge in [-0.2, -0.15) is 0 Å². The molecule has 5 nitrogen and oxygen atoms in total. The first-order chi connectivity index (χ1) is 8.74. The fourth-order valence-corrected chi connectivity index (χ4v) is 1.73. The number of hydrogen-bond acceptors (Lipinski definition) is 5. The minimum atomic E-state index is 0.357. The molecule has 0 bridgehead atoms. The first kappa shape index (κ1) is 10.6. The van der Waals surface area contributed by atoms with Crippen LogP contribution in [0.4, 0.5) is 5.82 Å². The van der Waals surface area contributed by atoms with E-state index < -0.39 is 0 Å². The van der Waals surface area contributed by atoms with Gasteiger partial charge >= 0.3 is 0 Å². The van der Waals surface area contributed by atoms with E-state index in [1.807, 2.05) is 37.3 Å². The van der Waals surface area contributed by atoms with Crippen molar-refractivity contribution >= 4 is 17.0 Å². The van der Waals surface area contributed by atoms with Gasteiger partial charge in [-0.1, -0.05) is 30.3 Å². The summed E-state index contributed by atoms with van der Waals surface area (Å²) in [4.78, 5) is 17.2. The number of rotatable bonds is 1. The van der Waals surface area contributed by atoms with E-state index in [0.717, 1.165) is 11.3 Å². The van der Waals surface area contributed by atoms with Crippen LogP contribution in [0.1, 0.15) is 5.69 Å². The van der Waals surface area contributed by atoms with Crippen LogP contribution in [-0.2, 0) is 0 Å². The molecule has 0 aliphatic rings. The first-order valence-electron chi connectivity index (χ1n) is 5.56. The Kier molecular flexibility index (Phi) is 2.37.